The molecule has 1 aliphatic rings. The first-order chi connectivity index (χ1) is 13.7. The molecule has 0 spiro atoms. The molecule has 0 atom stereocenters. The summed E-state index contributed by atoms with van der Waals surface area (Å²) in [7, 11) is 1.53. The van der Waals surface area contributed by atoms with Crippen molar-refractivity contribution >= 4 is 46.6 Å². The van der Waals surface area contributed by atoms with Crippen LogP contribution in [0, 0.1) is 32.1 Å². The molecule has 2 aromatic heterocycles. The number of carbonyl (C=O) groups is 2. The Morgan fingerprint density at radius 1 is 1.31 bits per heavy atom. The van der Waals surface area contributed by atoms with E-state index in [1.165, 1.54) is 16.8 Å². The average molecular weight is 427 g/mol. The molecular weight excluding hydrogens is 404 g/mol. The minimum atomic E-state index is -0.502. The van der Waals surface area contributed by atoms with Crippen LogP contribution in [-0.2, 0) is 16.0 Å². The van der Waals surface area contributed by atoms with E-state index in [9.17, 15) is 14.9 Å². The molecule has 3 heterocycles. The quantitative estimate of drug-likeness (QED) is 0.461. The number of nitrogens with zero attached hydrogens (tertiary/aromatic N) is 3. The molecule has 0 saturated carbocycles. The summed E-state index contributed by atoms with van der Waals surface area (Å²) in [5, 5.41) is 13.2. The number of aromatic nitrogens is 1. The molecule has 1 N–H and O–H groups in total. The predicted octanol–water partition coefficient (Wildman–Crippen LogP) is 3.54. The summed E-state index contributed by atoms with van der Waals surface area (Å²) in [5.74, 6) is -0.934. The van der Waals surface area contributed by atoms with Crippen LogP contribution in [0.5, 0.6) is 0 Å². The van der Waals surface area contributed by atoms with Gasteiger partial charge in [-0.15, -0.1) is 11.3 Å². The van der Waals surface area contributed by atoms with Crippen LogP contribution in [0.4, 0.5) is 0 Å². The monoisotopic (exact) mass is 426 g/mol. The zero-order valence-electron chi connectivity index (χ0n) is 17.0. The zero-order chi connectivity index (χ0) is 21.5. The van der Waals surface area contributed by atoms with Gasteiger partial charge in [-0.25, -0.2) is 0 Å². The van der Waals surface area contributed by atoms with Gasteiger partial charge in [0.2, 0.25) is 0 Å². The Labute approximate surface area is 179 Å². The highest BCUT2D eigenvalue weighted by atomic mass is 32.1. The lowest BCUT2D eigenvalue weighted by atomic mass is 10.1. The summed E-state index contributed by atoms with van der Waals surface area (Å²) in [6.07, 6.45) is 3.54. The van der Waals surface area contributed by atoms with Crippen molar-refractivity contribution in [3.8, 4) is 11.1 Å². The largest absolute Gasteiger partial charge is 0.308 e. The number of aryl methyl sites for hydroxylation is 2. The van der Waals surface area contributed by atoms with Crippen molar-refractivity contribution in [3.63, 3.8) is 0 Å². The molecule has 0 radical (unpaired) electrons. The standard InChI is InChI=1S/C21H22N4O2S2/c1-6-7-17-12(3)16(10-22)20(29-17)25-11(2)8-14(13(25)4)9-15-18(26)23-21(28)24(5)19(15)27/h8-9H,6-7H2,1-5H3,(H,23,26,28)/b15-9-. The molecule has 2 aromatic rings. The molecule has 2 amide bonds. The minimum absolute atomic E-state index is 0.0379. The topological polar surface area (TPSA) is 78.1 Å². The van der Waals surface area contributed by atoms with Gasteiger partial charge in [0.1, 0.15) is 16.6 Å². The van der Waals surface area contributed by atoms with Crippen LogP contribution in [0.15, 0.2) is 11.6 Å². The first kappa shape index (κ1) is 21.0. The van der Waals surface area contributed by atoms with Crippen molar-refractivity contribution in [1.82, 2.24) is 14.8 Å². The van der Waals surface area contributed by atoms with Crippen LogP contribution in [0.3, 0.4) is 0 Å². The molecule has 0 aromatic carbocycles. The van der Waals surface area contributed by atoms with E-state index in [0.29, 0.717) is 5.56 Å². The SMILES string of the molecule is CCCc1sc(-n2c(C)cc(/C=C3/C(=O)NC(=S)N(C)C3=O)c2C)c(C#N)c1C. The fourth-order valence-electron chi connectivity index (χ4n) is 3.45. The third-order valence-electron chi connectivity index (χ3n) is 5.09. The number of likely N-dealkylation sites (N-methyl/N-ethyl adjacent to an activating group) is 1. The third-order valence-corrected chi connectivity index (χ3v) is 6.81. The van der Waals surface area contributed by atoms with Crippen molar-refractivity contribution in [1.29, 1.82) is 5.26 Å². The van der Waals surface area contributed by atoms with Crippen LogP contribution >= 0.6 is 23.6 Å². The van der Waals surface area contributed by atoms with E-state index < -0.39 is 11.8 Å². The lowest BCUT2D eigenvalue weighted by molar-refractivity contribution is -0.128. The van der Waals surface area contributed by atoms with E-state index in [1.54, 1.807) is 17.4 Å². The molecule has 6 nitrogen and oxygen atoms in total. The van der Waals surface area contributed by atoms with E-state index in [4.69, 9.17) is 12.2 Å². The maximum absolute atomic E-state index is 12.5. The van der Waals surface area contributed by atoms with Gasteiger partial charge < -0.3 is 4.57 Å². The first-order valence-electron chi connectivity index (χ1n) is 9.27. The Balaban J connectivity index is 2.13. The highest BCUT2D eigenvalue weighted by molar-refractivity contribution is 7.80. The van der Waals surface area contributed by atoms with Crippen LogP contribution < -0.4 is 5.32 Å². The van der Waals surface area contributed by atoms with Crippen molar-refractivity contribution in [3.05, 3.63) is 44.6 Å². The average Bonchev–Trinajstić information content (AvgIpc) is 3.12. The van der Waals surface area contributed by atoms with Gasteiger partial charge >= 0.3 is 0 Å². The van der Waals surface area contributed by atoms with Crippen molar-refractivity contribution in [2.45, 2.75) is 40.5 Å². The summed E-state index contributed by atoms with van der Waals surface area (Å²) < 4.78 is 2.03. The Bertz CT molecular complexity index is 1110. The second-order valence-corrected chi connectivity index (χ2v) is 8.51. The molecule has 0 bridgehead atoms. The van der Waals surface area contributed by atoms with Crippen LogP contribution in [0.2, 0.25) is 0 Å². The zero-order valence-corrected chi connectivity index (χ0v) is 18.7. The van der Waals surface area contributed by atoms with Crippen molar-refractivity contribution < 1.29 is 9.59 Å². The summed E-state index contributed by atoms with van der Waals surface area (Å²) in [6, 6.07) is 4.27. The third kappa shape index (κ3) is 3.52. The molecule has 0 unspecified atom stereocenters. The van der Waals surface area contributed by atoms with Gasteiger partial charge in [0.25, 0.3) is 11.8 Å². The molecule has 0 aliphatic carbocycles. The normalized spacial score (nSPS) is 15.8. The number of hydrogen-bond acceptors (Lipinski definition) is 5. The summed E-state index contributed by atoms with van der Waals surface area (Å²) in [6.45, 7) is 7.99. The lowest BCUT2D eigenvalue weighted by Crippen LogP contribution is -2.52. The van der Waals surface area contributed by atoms with E-state index >= 15 is 0 Å². The molecule has 29 heavy (non-hydrogen) atoms. The van der Waals surface area contributed by atoms with Gasteiger partial charge in [0.05, 0.1) is 5.56 Å². The molecule has 1 aliphatic heterocycles. The number of amides is 2. The van der Waals surface area contributed by atoms with Gasteiger partial charge in [0, 0.05) is 23.3 Å². The fraction of sp³-hybridized carbons (Fsp3) is 0.333. The molecule has 3 rings (SSSR count). The first-order valence-corrected chi connectivity index (χ1v) is 10.5. The van der Waals surface area contributed by atoms with Gasteiger partial charge in [0.15, 0.2) is 5.11 Å². The van der Waals surface area contributed by atoms with Crippen LogP contribution in [0.1, 0.15) is 46.3 Å². The van der Waals surface area contributed by atoms with Crippen molar-refractivity contribution in [2.75, 3.05) is 7.05 Å². The molecule has 1 fully saturated rings. The van der Waals surface area contributed by atoms with Gasteiger partial charge in [-0.05, 0) is 62.7 Å². The fourth-order valence-corrected chi connectivity index (χ4v) is 5.09. The number of nitrogens with one attached hydrogen (secondary N) is 1. The number of thiocarbonyl (C=S) groups is 1. The molecule has 8 heteroatoms. The Morgan fingerprint density at radius 3 is 2.62 bits per heavy atom. The Morgan fingerprint density at radius 2 is 2.00 bits per heavy atom. The van der Waals surface area contributed by atoms with E-state index in [0.717, 1.165) is 40.4 Å². The number of carbonyl (C=O) groups excluding carboxylic acids is 2. The van der Waals surface area contributed by atoms with Crippen LogP contribution in [-0.4, -0.2) is 33.4 Å². The smallest absolute Gasteiger partial charge is 0.265 e. The second kappa shape index (κ2) is 7.93. The number of hydrogen-bond donors (Lipinski definition) is 1. The van der Waals surface area contributed by atoms with E-state index in [2.05, 4.69) is 18.3 Å². The lowest BCUT2D eigenvalue weighted by Gasteiger charge is -2.25. The number of nitriles is 1. The predicted molar refractivity (Wildman–Crippen MR) is 118 cm³/mol. The maximum atomic E-state index is 12.5. The van der Waals surface area contributed by atoms with Gasteiger partial charge in [-0.3, -0.25) is 19.8 Å². The molecular formula is C21H22N4O2S2. The van der Waals surface area contributed by atoms with Crippen molar-refractivity contribution in [2.24, 2.45) is 0 Å². The summed E-state index contributed by atoms with van der Waals surface area (Å²) in [4.78, 5) is 27.3. The van der Waals surface area contributed by atoms with E-state index in [1.807, 2.05) is 31.4 Å². The maximum Gasteiger partial charge on any atom is 0.265 e. The molecule has 150 valence electrons. The summed E-state index contributed by atoms with van der Waals surface area (Å²) >= 11 is 6.62. The van der Waals surface area contributed by atoms with E-state index in [-0.39, 0.29) is 10.7 Å². The number of rotatable bonds is 4. The Kier molecular flexibility index (Phi) is 5.73. The second-order valence-electron chi connectivity index (χ2n) is 7.04. The van der Waals surface area contributed by atoms with Gasteiger partial charge in [-0.1, -0.05) is 13.3 Å². The highest BCUT2D eigenvalue weighted by Gasteiger charge is 2.31. The van der Waals surface area contributed by atoms with Crippen LogP contribution in [0.25, 0.3) is 11.1 Å². The van der Waals surface area contributed by atoms with Gasteiger partial charge in [-0.2, -0.15) is 5.26 Å². The molecule has 1 saturated heterocycles. The Hall–Kier alpha value is -2.76. The minimum Gasteiger partial charge on any atom is -0.308 e. The highest BCUT2D eigenvalue weighted by Crippen LogP contribution is 2.35. The summed E-state index contributed by atoms with van der Waals surface area (Å²) in [5.41, 5.74) is 4.30. The number of thiophene rings is 1.